The molecule has 0 saturated carbocycles. The number of carbonyl (C=O) groups is 2. The second-order valence-electron chi connectivity index (χ2n) is 6.68. The van der Waals surface area contributed by atoms with E-state index in [9.17, 15) is 14.7 Å². The molecule has 2 rings (SSSR count). The minimum atomic E-state index is -0.892. The number of hydrogen-bond acceptors (Lipinski definition) is 3. The van der Waals surface area contributed by atoms with Crippen molar-refractivity contribution < 1.29 is 14.7 Å². The molecule has 120 valence electrons. The molecule has 0 aromatic heterocycles. The molecule has 0 spiro atoms. The Hall–Kier alpha value is -0.910. The van der Waals surface area contributed by atoms with Gasteiger partial charge in [-0.25, -0.2) is 9.59 Å². The van der Waals surface area contributed by atoms with Gasteiger partial charge in [0.05, 0.1) is 5.37 Å². The largest absolute Gasteiger partial charge is 0.480 e. The first kappa shape index (κ1) is 16.5. The van der Waals surface area contributed by atoms with Crippen molar-refractivity contribution in [3.05, 3.63) is 0 Å². The van der Waals surface area contributed by atoms with E-state index in [1.165, 1.54) is 0 Å². The first-order valence-electron chi connectivity index (χ1n) is 7.76. The predicted molar refractivity (Wildman–Crippen MR) is 84.3 cm³/mol. The fourth-order valence-corrected chi connectivity index (χ4v) is 4.78. The summed E-state index contributed by atoms with van der Waals surface area (Å²) in [5.74, 6) is 0.482. The van der Waals surface area contributed by atoms with E-state index in [1.807, 2.05) is 18.7 Å². The van der Waals surface area contributed by atoms with Crippen LogP contribution in [0.5, 0.6) is 0 Å². The number of amides is 2. The molecule has 6 heteroatoms. The van der Waals surface area contributed by atoms with Crippen LogP contribution in [-0.4, -0.2) is 56.7 Å². The number of hydrogen-bond donors (Lipinski definition) is 1. The average molecular weight is 314 g/mol. The number of piperidine rings is 1. The third-order valence-electron chi connectivity index (χ3n) is 4.50. The Bertz CT molecular complexity index is 416. The highest BCUT2D eigenvalue weighted by Crippen LogP contribution is 2.36. The molecular formula is C15H26N2O3S. The summed E-state index contributed by atoms with van der Waals surface area (Å²) in [5.41, 5.74) is 0. The molecular weight excluding hydrogens is 288 g/mol. The predicted octanol–water partition coefficient (Wildman–Crippen LogP) is 2.71. The van der Waals surface area contributed by atoms with Crippen LogP contribution in [0, 0.1) is 11.8 Å². The smallest absolute Gasteiger partial charge is 0.327 e. The number of carbonyl (C=O) groups excluding carboxylic acids is 1. The number of carboxylic acids is 1. The van der Waals surface area contributed by atoms with Crippen molar-refractivity contribution in [3.8, 4) is 0 Å². The lowest BCUT2D eigenvalue weighted by atomic mass is 9.93. The lowest BCUT2D eigenvalue weighted by Gasteiger charge is -2.41. The van der Waals surface area contributed by atoms with Gasteiger partial charge in [-0.15, -0.1) is 11.8 Å². The summed E-state index contributed by atoms with van der Waals surface area (Å²) >= 11 is 1.59. The summed E-state index contributed by atoms with van der Waals surface area (Å²) in [4.78, 5) is 27.9. The van der Waals surface area contributed by atoms with E-state index in [-0.39, 0.29) is 23.4 Å². The van der Waals surface area contributed by atoms with Crippen LogP contribution in [0.1, 0.15) is 40.5 Å². The number of carboxylic acid groups (broad SMARTS) is 1. The third-order valence-corrected chi connectivity index (χ3v) is 6.12. The standard InChI is InChI=1S/C15H26N2O3S/c1-9(2)13-17(12(8-21-13)14(18)19)15(20)16-6-5-10(3)7-11(16)4/h9-13H,5-8H2,1-4H3,(H,18,19). The molecule has 1 N–H and O–H groups in total. The first-order chi connectivity index (χ1) is 9.82. The molecule has 2 aliphatic rings. The summed E-state index contributed by atoms with van der Waals surface area (Å²) in [6.45, 7) is 9.10. The van der Waals surface area contributed by atoms with Crippen LogP contribution in [0.15, 0.2) is 0 Å². The lowest BCUT2D eigenvalue weighted by Crippen LogP contribution is -2.56. The van der Waals surface area contributed by atoms with E-state index in [4.69, 9.17) is 0 Å². The Balaban J connectivity index is 2.19. The Morgan fingerprint density at radius 2 is 1.95 bits per heavy atom. The second-order valence-corrected chi connectivity index (χ2v) is 7.83. The number of thioether (sulfide) groups is 1. The topological polar surface area (TPSA) is 60.9 Å². The van der Waals surface area contributed by atoms with Gasteiger partial charge in [0.25, 0.3) is 0 Å². The van der Waals surface area contributed by atoms with E-state index in [1.54, 1.807) is 16.7 Å². The number of nitrogens with zero attached hydrogens (tertiary/aromatic N) is 2. The first-order valence-corrected chi connectivity index (χ1v) is 8.81. The maximum atomic E-state index is 12.9. The molecule has 0 aromatic rings. The summed E-state index contributed by atoms with van der Waals surface area (Å²) in [6, 6.07) is -0.596. The van der Waals surface area contributed by atoms with Gasteiger partial charge in [-0.3, -0.25) is 4.90 Å². The second kappa shape index (κ2) is 6.46. The van der Waals surface area contributed by atoms with Gasteiger partial charge in [-0.05, 0) is 31.6 Å². The van der Waals surface area contributed by atoms with E-state index in [0.29, 0.717) is 11.7 Å². The quantitative estimate of drug-likeness (QED) is 0.851. The van der Waals surface area contributed by atoms with Crippen LogP contribution in [0.2, 0.25) is 0 Å². The molecule has 0 aliphatic carbocycles. The van der Waals surface area contributed by atoms with Crippen molar-refractivity contribution in [2.45, 2.75) is 58.0 Å². The van der Waals surface area contributed by atoms with Gasteiger partial charge in [0.2, 0.25) is 0 Å². The molecule has 4 unspecified atom stereocenters. The Morgan fingerprint density at radius 3 is 2.48 bits per heavy atom. The lowest BCUT2D eigenvalue weighted by molar-refractivity contribution is -0.141. The molecule has 2 amide bonds. The van der Waals surface area contributed by atoms with E-state index in [0.717, 1.165) is 19.4 Å². The van der Waals surface area contributed by atoms with Crippen LogP contribution >= 0.6 is 11.8 Å². The van der Waals surface area contributed by atoms with Crippen LogP contribution in [-0.2, 0) is 4.79 Å². The fraction of sp³-hybridized carbons (Fsp3) is 0.867. The molecule has 4 atom stereocenters. The summed E-state index contributed by atoms with van der Waals surface area (Å²) in [5, 5.41) is 9.38. The van der Waals surface area contributed by atoms with Crippen molar-refractivity contribution >= 4 is 23.8 Å². The molecule has 0 radical (unpaired) electrons. The SMILES string of the molecule is CC1CCN(C(=O)N2C(C(=O)O)CSC2C(C)C)C(C)C1. The third kappa shape index (κ3) is 3.30. The molecule has 0 aromatic carbocycles. The minimum absolute atomic E-state index is 0.0369. The molecule has 2 fully saturated rings. The molecule has 5 nitrogen and oxygen atoms in total. The van der Waals surface area contributed by atoms with Gasteiger partial charge in [-0.2, -0.15) is 0 Å². The molecule has 2 aliphatic heterocycles. The highest BCUT2D eigenvalue weighted by Gasteiger charge is 2.45. The normalized spacial score (nSPS) is 33.6. The van der Waals surface area contributed by atoms with Crippen molar-refractivity contribution in [1.29, 1.82) is 0 Å². The molecule has 2 heterocycles. The van der Waals surface area contributed by atoms with Crippen molar-refractivity contribution in [2.24, 2.45) is 11.8 Å². The Kier molecular flexibility index (Phi) is 5.07. The monoisotopic (exact) mass is 314 g/mol. The molecule has 21 heavy (non-hydrogen) atoms. The number of aliphatic carboxylic acids is 1. The van der Waals surface area contributed by atoms with Crippen molar-refractivity contribution in [3.63, 3.8) is 0 Å². The summed E-state index contributed by atoms with van der Waals surface area (Å²) in [6.07, 6.45) is 2.00. The maximum absolute atomic E-state index is 12.9. The van der Waals surface area contributed by atoms with E-state index in [2.05, 4.69) is 13.8 Å². The highest BCUT2D eigenvalue weighted by atomic mass is 32.2. The zero-order valence-corrected chi connectivity index (χ0v) is 14.1. The number of rotatable bonds is 2. The zero-order chi connectivity index (χ0) is 15.7. The van der Waals surface area contributed by atoms with Gasteiger partial charge < -0.3 is 10.0 Å². The maximum Gasteiger partial charge on any atom is 0.327 e. The molecule has 2 saturated heterocycles. The Labute approximate surface area is 131 Å². The average Bonchev–Trinajstić information content (AvgIpc) is 2.82. The van der Waals surface area contributed by atoms with Crippen LogP contribution in [0.4, 0.5) is 4.79 Å². The zero-order valence-electron chi connectivity index (χ0n) is 13.3. The van der Waals surface area contributed by atoms with Crippen LogP contribution in [0.3, 0.4) is 0 Å². The summed E-state index contributed by atoms with van der Waals surface area (Å²) < 4.78 is 0. The summed E-state index contributed by atoms with van der Waals surface area (Å²) in [7, 11) is 0. The van der Waals surface area contributed by atoms with Gasteiger partial charge >= 0.3 is 12.0 Å². The fourth-order valence-electron chi connectivity index (χ4n) is 3.31. The van der Waals surface area contributed by atoms with Gasteiger partial charge in [0.1, 0.15) is 6.04 Å². The van der Waals surface area contributed by atoms with Crippen molar-refractivity contribution in [1.82, 2.24) is 9.80 Å². The highest BCUT2D eigenvalue weighted by molar-refractivity contribution is 8.00. The van der Waals surface area contributed by atoms with Crippen LogP contribution < -0.4 is 0 Å². The van der Waals surface area contributed by atoms with Gasteiger partial charge in [0.15, 0.2) is 0 Å². The van der Waals surface area contributed by atoms with E-state index >= 15 is 0 Å². The Morgan fingerprint density at radius 1 is 1.29 bits per heavy atom. The van der Waals surface area contributed by atoms with E-state index < -0.39 is 12.0 Å². The van der Waals surface area contributed by atoms with Crippen molar-refractivity contribution in [2.75, 3.05) is 12.3 Å². The van der Waals surface area contributed by atoms with Gasteiger partial charge in [0, 0.05) is 18.3 Å². The minimum Gasteiger partial charge on any atom is -0.480 e. The van der Waals surface area contributed by atoms with Crippen LogP contribution in [0.25, 0.3) is 0 Å². The number of urea groups is 1. The van der Waals surface area contributed by atoms with Gasteiger partial charge in [-0.1, -0.05) is 20.8 Å². The molecule has 0 bridgehead atoms. The number of likely N-dealkylation sites (tertiary alicyclic amines) is 1.